The minimum absolute atomic E-state index is 0.00267. The van der Waals surface area contributed by atoms with Crippen LogP contribution >= 0.6 is 15.9 Å². The number of rotatable bonds is 4. The normalized spacial score (nSPS) is 22.3. The van der Waals surface area contributed by atoms with Crippen LogP contribution in [0.3, 0.4) is 0 Å². The van der Waals surface area contributed by atoms with E-state index in [0.717, 1.165) is 19.1 Å². The van der Waals surface area contributed by atoms with Crippen molar-refractivity contribution >= 4 is 15.9 Å². The van der Waals surface area contributed by atoms with Crippen molar-refractivity contribution in [1.82, 2.24) is 4.90 Å². The molecule has 0 N–H and O–H groups in total. The number of hydrogen-bond acceptors (Lipinski definition) is 2. The van der Waals surface area contributed by atoms with Crippen molar-refractivity contribution in [3.8, 4) is 0 Å². The first kappa shape index (κ1) is 14.5. The summed E-state index contributed by atoms with van der Waals surface area (Å²) in [6, 6.07) is 0. The van der Waals surface area contributed by atoms with E-state index in [-0.39, 0.29) is 5.60 Å². The van der Waals surface area contributed by atoms with Gasteiger partial charge in [-0.05, 0) is 52.6 Å². The fraction of sp³-hybridized carbons (Fsp3) is 1.00. The third-order valence-electron chi connectivity index (χ3n) is 3.22. The summed E-state index contributed by atoms with van der Waals surface area (Å²) in [5, 5.41) is 0. The highest BCUT2D eigenvalue weighted by Crippen LogP contribution is 2.24. The lowest BCUT2D eigenvalue weighted by Gasteiger charge is -2.33. The van der Waals surface area contributed by atoms with Gasteiger partial charge < -0.3 is 9.64 Å². The molecule has 1 rings (SSSR count). The predicted octanol–water partition coefficient (Wildman–Crippen LogP) is 3.30. The molecule has 1 heterocycles. The van der Waals surface area contributed by atoms with E-state index in [1.54, 1.807) is 0 Å². The highest BCUT2D eigenvalue weighted by Gasteiger charge is 2.22. The molecular weight excluding hydrogens is 266 g/mol. The van der Waals surface area contributed by atoms with Crippen LogP contribution in [0.1, 0.15) is 40.5 Å². The summed E-state index contributed by atoms with van der Waals surface area (Å²) < 4.78 is 5.76. The Morgan fingerprint density at radius 3 is 2.31 bits per heavy atom. The van der Waals surface area contributed by atoms with Crippen LogP contribution in [0, 0.1) is 5.92 Å². The minimum atomic E-state index is 0.00267. The number of halogens is 1. The fourth-order valence-electron chi connectivity index (χ4n) is 2.12. The van der Waals surface area contributed by atoms with Gasteiger partial charge in [-0.3, -0.25) is 0 Å². The van der Waals surface area contributed by atoms with E-state index in [4.69, 9.17) is 4.74 Å². The molecule has 0 bridgehead atoms. The molecule has 0 saturated carbocycles. The van der Waals surface area contributed by atoms with Gasteiger partial charge in [0.2, 0.25) is 0 Å². The second-order valence-electron chi connectivity index (χ2n) is 5.82. The molecule has 1 fully saturated rings. The zero-order chi connectivity index (χ0) is 12.2. The summed E-state index contributed by atoms with van der Waals surface area (Å²) in [6.07, 6.45) is 2.64. The van der Waals surface area contributed by atoms with Crippen molar-refractivity contribution in [3.05, 3.63) is 0 Å². The van der Waals surface area contributed by atoms with Crippen LogP contribution in [-0.4, -0.2) is 41.6 Å². The van der Waals surface area contributed by atoms with Crippen molar-refractivity contribution in [2.75, 3.05) is 26.2 Å². The lowest BCUT2D eigenvalue weighted by atomic mass is 9.94. The number of ether oxygens (including phenoxy) is 1. The average molecular weight is 292 g/mol. The van der Waals surface area contributed by atoms with Gasteiger partial charge in [0.05, 0.1) is 12.2 Å². The molecule has 0 aromatic rings. The molecule has 0 spiro atoms. The molecule has 1 saturated heterocycles. The SMILES string of the molecule is CC(Br)C1CCN(CCOC(C)(C)C)CC1. The number of piperidine rings is 1. The van der Waals surface area contributed by atoms with E-state index in [1.165, 1.54) is 25.9 Å². The van der Waals surface area contributed by atoms with Gasteiger partial charge in [-0.25, -0.2) is 0 Å². The molecule has 0 aliphatic carbocycles. The first-order chi connectivity index (χ1) is 7.38. The smallest absolute Gasteiger partial charge is 0.0600 e. The zero-order valence-electron chi connectivity index (χ0n) is 11.1. The van der Waals surface area contributed by atoms with Crippen LogP contribution in [0.25, 0.3) is 0 Å². The van der Waals surface area contributed by atoms with E-state index in [2.05, 4.69) is 48.5 Å². The van der Waals surface area contributed by atoms with Crippen molar-refractivity contribution in [2.24, 2.45) is 5.92 Å². The highest BCUT2D eigenvalue weighted by atomic mass is 79.9. The maximum atomic E-state index is 5.76. The molecule has 16 heavy (non-hydrogen) atoms. The van der Waals surface area contributed by atoms with Crippen molar-refractivity contribution in [2.45, 2.75) is 51.0 Å². The molecule has 1 unspecified atom stereocenters. The maximum absolute atomic E-state index is 5.76. The quantitative estimate of drug-likeness (QED) is 0.737. The number of alkyl halides is 1. The van der Waals surface area contributed by atoms with E-state index < -0.39 is 0 Å². The fourth-order valence-corrected chi connectivity index (χ4v) is 2.65. The van der Waals surface area contributed by atoms with Crippen LogP contribution in [0.5, 0.6) is 0 Å². The lowest BCUT2D eigenvalue weighted by Crippen LogP contribution is -2.38. The van der Waals surface area contributed by atoms with E-state index in [9.17, 15) is 0 Å². The van der Waals surface area contributed by atoms with Gasteiger partial charge in [-0.2, -0.15) is 0 Å². The van der Waals surface area contributed by atoms with Crippen molar-refractivity contribution in [3.63, 3.8) is 0 Å². The topological polar surface area (TPSA) is 12.5 Å². The molecular formula is C13H26BrNO. The summed E-state index contributed by atoms with van der Waals surface area (Å²) in [7, 11) is 0. The molecule has 1 aliphatic heterocycles. The third kappa shape index (κ3) is 5.65. The highest BCUT2D eigenvalue weighted by molar-refractivity contribution is 9.09. The van der Waals surface area contributed by atoms with Gasteiger partial charge >= 0.3 is 0 Å². The maximum Gasteiger partial charge on any atom is 0.0600 e. The first-order valence-electron chi connectivity index (χ1n) is 6.39. The van der Waals surface area contributed by atoms with E-state index in [0.29, 0.717) is 4.83 Å². The van der Waals surface area contributed by atoms with E-state index in [1.807, 2.05) is 0 Å². The second-order valence-corrected chi connectivity index (χ2v) is 7.26. The number of hydrogen-bond donors (Lipinski definition) is 0. The van der Waals surface area contributed by atoms with Gasteiger partial charge in [0.15, 0.2) is 0 Å². The molecule has 3 heteroatoms. The second kappa shape index (κ2) is 6.36. The Morgan fingerprint density at radius 1 is 1.31 bits per heavy atom. The van der Waals surface area contributed by atoms with Crippen LogP contribution in [0.2, 0.25) is 0 Å². The van der Waals surface area contributed by atoms with Crippen LogP contribution < -0.4 is 0 Å². The summed E-state index contributed by atoms with van der Waals surface area (Å²) in [5.74, 6) is 0.861. The average Bonchev–Trinajstić information content (AvgIpc) is 2.16. The molecule has 0 aromatic carbocycles. The van der Waals surface area contributed by atoms with Gasteiger partial charge in [0.1, 0.15) is 0 Å². The molecule has 1 atom stereocenters. The van der Waals surface area contributed by atoms with Gasteiger partial charge in [0, 0.05) is 11.4 Å². The molecule has 2 nitrogen and oxygen atoms in total. The molecule has 1 aliphatic rings. The van der Waals surface area contributed by atoms with Crippen LogP contribution in [0.15, 0.2) is 0 Å². The Kier molecular flexibility index (Phi) is 5.75. The molecule has 0 amide bonds. The molecule has 96 valence electrons. The molecule has 0 radical (unpaired) electrons. The van der Waals surface area contributed by atoms with Gasteiger partial charge in [-0.1, -0.05) is 22.9 Å². The van der Waals surface area contributed by atoms with Crippen LogP contribution in [0.4, 0.5) is 0 Å². The zero-order valence-corrected chi connectivity index (χ0v) is 12.7. The van der Waals surface area contributed by atoms with Crippen molar-refractivity contribution < 1.29 is 4.74 Å². The predicted molar refractivity (Wildman–Crippen MR) is 73.3 cm³/mol. The Bertz CT molecular complexity index is 193. The van der Waals surface area contributed by atoms with Gasteiger partial charge in [-0.15, -0.1) is 0 Å². The summed E-state index contributed by atoms with van der Waals surface area (Å²) in [5.41, 5.74) is 0.00267. The Hall–Kier alpha value is 0.400. The largest absolute Gasteiger partial charge is 0.375 e. The monoisotopic (exact) mass is 291 g/mol. The van der Waals surface area contributed by atoms with Gasteiger partial charge in [0.25, 0.3) is 0 Å². The summed E-state index contributed by atoms with van der Waals surface area (Å²) in [6.45, 7) is 13.0. The summed E-state index contributed by atoms with van der Waals surface area (Å²) >= 11 is 3.69. The van der Waals surface area contributed by atoms with Crippen molar-refractivity contribution in [1.29, 1.82) is 0 Å². The number of nitrogens with zero attached hydrogens (tertiary/aromatic N) is 1. The first-order valence-corrected chi connectivity index (χ1v) is 7.30. The lowest BCUT2D eigenvalue weighted by molar-refractivity contribution is -0.0161. The summed E-state index contributed by atoms with van der Waals surface area (Å²) in [4.78, 5) is 3.19. The Labute approximate surface area is 109 Å². The Balaban J connectivity index is 2.13. The Morgan fingerprint density at radius 2 is 1.88 bits per heavy atom. The standard InChI is InChI=1S/C13H26BrNO/c1-11(14)12-5-7-15(8-6-12)9-10-16-13(2,3)4/h11-12H,5-10H2,1-4H3. The van der Waals surface area contributed by atoms with Crippen LogP contribution in [-0.2, 0) is 4.74 Å². The minimum Gasteiger partial charge on any atom is -0.375 e. The third-order valence-corrected chi connectivity index (χ3v) is 3.97. The number of likely N-dealkylation sites (tertiary alicyclic amines) is 1. The molecule has 0 aromatic heterocycles. The van der Waals surface area contributed by atoms with E-state index >= 15 is 0 Å².